The molecule has 1 fully saturated rings. The van der Waals surface area contributed by atoms with Crippen LogP contribution in [0.2, 0.25) is 0 Å². The zero-order chi connectivity index (χ0) is 8.43. The van der Waals surface area contributed by atoms with Gasteiger partial charge in [-0.15, -0.1) is 0 Å². The minimum atomic E-state index is -1.07. The molecule has 0 aliphatic carbocycles. The fourth-order valence-corrected chi connectivity index (χ4v) is 1.06. The summed E-state index contributed by atoms with van der Waals surface area (Å²) in [4.78, 5) is 0. The van der Waals surface area contributed by atoms with E-state index in [1.165, 1.54) is 7.11 Å². The summed E-state index contributed by atoms with van der Waals surface area (Å²) in [6.07, 6.45) is -3.71. The Morgan fingerprint density at radius 3 is 2.27 bits per heavy atom. The molecule has 3 N–H and O–H groups in total. The highest BCUT2D eigenvalue weighted by atomic mass is 16.7. The first-order valence-electron chi connectivity index (χ1n) is 3.36. The van der Waals surface area contributed by atoms with Gasteiger partial charge in [0, 0.05) is 7.11 Å². The van der Waals surface area contributed by atoms with E-state index >= 15 is 0 Å². The van der Waals surface area contributed by atoms with Crippen LogP contribution in [0, 0.1) is 0 Å². The van der Waals surface area contributed by atoms with E-state index in [4.69, 9.17) is 20.1 Å². The Hall–Kier alpha value is -0.200. The molecule has 1 heterocycles. The van der Waals surface area contributed by atoms with Gasteiger partial charge >= 0.3 is 0 Å². The molecule has 0 radical (unpaired) electrons. The van der Waals surface area contributed by atoms with Gasteiger partial charge in [0.1, 0.15) is 18.3 Å². The second-order valence-electron chi connectivity index (χ2n) is 2.44. The number of rotatable bonds is 2. The number of ether oxygens (including phenoxy) is 2. The zero-order valence-corrected chi connectivity index (χ0v) is 6.17. The summed E-state index contributed by atoms with van der Waals surface area (Å²) in [7, 11) is 1.36. The van der Waals surface area contributed by atoms with E-state index < -0.39 is 24.6 Å². The molecule has 0 spiro atoms. The highest BCUT2D eigenvalue weighted by Gasteiger charge is 2.42. The van der Waals surface area contributed by atoms with Gasteiger partial charge in [0.25, 0.3) is 0 Å². The van der Waals surface area contributed by atoms with Crippen molar-refractivity contribution in [2.24, 2.45) is 0 Å². The molecule has 0 bridgehead atoms. The molecule has 0 aromatic heterocycles. The van der Waals surface area contributed by atoms with Crippen LogP contribution in [-0.4, -0.2) is 53.6 Å². The van der Waals surface area contributed by atoms with E-state index in [1.54, 1.807) is 0 Å². The lowest BCUT2D eigenvalue weighted by atomic mass is 10.1. The summed E-state index contributed by atoms with van der Waals surface area (Å²) in [5.41, 5.74) is 0. The molecule has 1 saturated heterocycles. The molecular weight excluding hydrogens is 152 g/mol. The van der Waals surface area contributed by atoms with Crippen molar-refractivity contribution in [2.45, 2.75) is 24.6 Å². The van der Waals surface area contributed by atoms with Crippen LogP contribution in [0.4, 0.5) is 0 Å². The van der Waals surface area contributed by atoms with Crippen molar-refractivity contribution in [3.63, 3.8) is 0 Å². The summed E-state index contributed by atoms with van der Waals surface area (Å²) < 4.78 is 9.59. The average molecular weight is 164 g/mol. The fourth-order valence-electron chi connectivity index (χ4n) is 1.06. The first-order valence-corrected chi connectivity index (χ1v) is 3.36. The van der Waals surface area contributed by atoms with E-state index in [-0.39, 0.29) is 6.61 Å². The van der Waals surface area contributed by atoms with Gasteiger partial charge in [0.15, 0.2) is 6.29 Å². The maximum Gasteiger partial charge on any atom is 0.186 e. The van der Waals surface area contributed by atoms with Crippen molar-refractivity contribution in [2.75, 3.05) is 13.7 Å². The normalized spacial score (nSPS) is 44.7. The summed E-state index contributed by atoms with van der Waals surface area (Å²) in [5, 5.41) is 26.9. The minimum Gasteiger partial charge on any atom is -0.394 e. The van der Waals surface area contributed by atoms with E-state index in [0.717, 1.165) is 0 Å². The monoisotopic (exact) mass is 164 g/mol. The van der Waals surface area contributed by atoms with Crippen LogP contribution in [0.25, 0.3) is 0 Å². The lowest BCUT2D eigenvalue weighted by Crippen LogP contribution is -2.34. The van der Waals surface area contributed by atoms with Crippen molar-refractivity contribution in [3.8, 4) is 0 Å². The summed E-state index contributed by atoms with van der Waals surface area (Å²) in [5.74, 6) is 0. The van der Waals surface area contributed by atoms with Crippen LogP contribution in [-0.2, 0) is 9.47 Å². The van der Waals surface area contributed by atoms with Crippen molar-refractivity contribution < 1.29 is 24.8 Å². The number of methoxy groups -OCH3 is 1. The molecule has 0 saturated carbocycles. The quantitative estimate of drug-likeness (QED) is 0.443. The second-order valence-corrected chi connectivity index (χ2v) is 2.44. The van der Waals surface area contributed by atoms with Crippen molar-refractivity contribution in [3.05, 3.63) is 0 Å². The molecule has 2 unspecified atom stereocenters. The average Bonchev–Trinajstić information content (AvgIpc) is 2.30. The van der Waals surface area contributed by atoms with Gasteiger partial charge in [0.05, 0.1) is 6.61 Å². The van der Waals surface area contributed by atoms with Crippen LogP contribution < -0.4 is 0 Å². The van der Waals surface area contributed by atoms with Gasteiger partial charge in [-0.3, -0.25) is 0 Å². The highest BCUT2D eigenvalue weighted by Crippen LogP contribution is 2.20. The van der Waals surface area contributed by atoms with E-state index in [9.17, 15) is 0 Å². The predicted octanol–water partition coefficient (Wildman–Crippen LogP) is -1.93. The molecule has 5 nitrogen and oxygen atoms in total. The van der Waals surface area contributed by atoms with Crippen molar-refractivity contribution in [1.29, 1.82) is 0 Å². The Morgan fingerprint density at radius 2 is 2.00 bits per heavy atom. The summed E-state index contributed by atoms with van der Waals surface area (Å²) >= 11 is 0. The number of hydrogen-bond acceptors (Lipinski definition) is 5. The SMILES string of the molecule is COC1OC(CO)[C@@H](O)[C@H]1O. The third kappa shape index (κ3) is 1.52. The summed E-state index contributed by atoms with van der Waals surface area (Å²) in [6, 6.07) is 0. The highest BCUT2D eigenvalue weighted by molar-refractivity contribution is 4.85. The first-order chi connectivity index (χ1) is 5.20. The molecule has 0 aromatic carbocycles. The Balaban J connectivity index is 2.53. The predicted molar refractivity (Wildman–Crippen MR) is 34.8 cm³/mol. The Kier molecular flexibility index (Phi) is 2.80. The maximum atomic E-state index is 9.15. The molecular formula is C6H12O5. The lowest BCUT2D eigenvalue weighted by molar-refractivity contribution is -0.153. The molecule has 5 heteroatoms. The van der Waals surface area contributed by atoms with Gasteiger partial charge in [-0.05, 0) is 0 Å². The van der Waals surface area contributed by atoms with Crippen LogP contribution in [0.5, 0.6) is 0 Å². The van der Waals surface area contributed by atoms with E-state index in [0.29, 0.717) is 0 Å². The topological polar surface area (TPSA) is 79.2 Å². The van der Waals surface area contributed by atoms with Crippen LogP contribution in [0.15, 0.2) is 0 Å². The van der Waals surface area contributed by atoms with E-state index in [1.807, 2.05) is 0 Å². The third-order valence-corrected chi connectivity index (χ3v) is 1.73. The van der Waals surface area contributed by atoms with Crippen LogP contribution >= 0.6 is 0 Å². The van der Waals surface area contributed by atoms with Crippen molar-refractivity contribution >= 4 is 0 Å². The maximum absolute atomic E-state index is 9.15. The number of hydrogen-bond donors (Lipinski definition) is 3. The molecule has 1 rings (SSSR count). The van der Waals surface area contributed by atoms with Gasteiger partial charge in [-0.1, -0.05) is 0 Å². The third-order valence-electron chi connectivity index (χ3n) is 1.73. The van der Waals surface area contributed by atoms with Crippen LogP contribution in [0.3, 0.4) is 0 Å². The first kappa shape index (κ1) is 8.89. The molecule has 11 heavy (non-hydrogen) atoms. The molecule has 0 amide bonds. The van der Waals surface area contributed by atoms with Gasteiger partial charge < -0.3 is 24.8 Å². The summed E-state index contributed by atoms with van der Waals surface area (Å²) in [6.45, 7) is -0.321. The molecule has 1 aliphatic heterocycles. The standard InChI is InChI=1S/C6H12O5/c1-10-6-5(9)4(8)3(2-7)11-6/h3-9H,2H2,1H3/t3?,4-,5-,6?/m1/s1. The number of aliphatic hydroxyl groups excluding tert-OH is 3. The molecule has 0 aromatic rings. The van der Waals surface area contributed by atoms with Crippen LogP contribution in [0.1, 0.15) is 0 Å². The largest absolute Gasteiger partial charge is 0.394 e. The van der Waals surface area contributed by atoms with Gasteiger partial charge in [-0.25, -0.2) is 0 Å². The molecule has 66 valence electrons. The second kappa shape index (κ2) is 3.46. The van der Waals surface area contributed by atoms with Gasteiger partial charge in [0.2, 0.25) is 0 Å². The number of aliphatic hydroxyl groups is 3. The smallest absolute Gasteiger partial charge is 0.186 e. The Labute approximate surface area is 64.2 Å². The molecule has 4 atom stereocenters. The Morgan fingerprint density at radius 1 is 1.36 bits per heavy atom. The zero-order valence-electron chi connectivity index (χ0n) is 6.17. The van der Waals surface area contributed by atoms with Crippen molar-refractivity contribution in [1.82, 2.24) is 0 Å². The van der Waals surface area contributed by atoms with Gasteiger partial charge in [-0.2, -0.15) is 0 Å². The lowest BCUT2D eigenvalue weighted by Gasteiger charge is -2.11. The Bertz CT molecular complexity index is 110. The fraction of sp³-hybridized carbons (Fsp3) is 1.00. The van der Waals surface area contributed by atoms with E-state index in [2.05, 4.69) is 4.74 Å². The minimum absolute atomic E-state index is 0.321. The molecule has 1 aliphatic rings.